The van der Waals surface area contributed by atoms with Crippen molar-refractivity contribution in [2.24, 2.45) is 0 Å². The molecule has 278 valence electrons. The topological polar surface area (TPSA) is 14.8 Å². The van der Waals surface area contributed by atoms with Crippen LogP contribution in [0.4, 0.5) is 0 Å². The summed E-state index contributed by atoms with van der Waals surface area (Å²) in [7, 11) is 0. The Labute approximate surface area is 354 Å². The van der Waals surface area contributed by atoms with Crippen LogP contribution in [-0.2, 0) is 0 Å². The highest BCUT2D eigenvalue weighted by molar-refractivity contribution is 8.56. The van der Waals surface area contributed by atoms with Crippen LogP contribution in [0.5, 0.6) is 0 Å². The summed E-state index contributed by atoms with van der Waals surface area (Å²) >= 11 is 3.99. The number of rotatable bonds is 3. The number of aromatic nitrogens is 3. The fraction of sp³-hybridized carbons (Fsp3) is 0. The molecule has 12 aromatic rings. The van der Waals surface area contributed by atoms with E-state index in [0.717, 1.165) is 11.4 Å². The second kappa shape index (κ2) is 12.3. The van der Waals surface area contributed by atoms with Gasteiger partial charge in [0.05, 0.1) is 33.1 Å². The maximum Gasteiger partial charge on any atom is 0.318 e. The fourth-order valence-electron chi connectivity index (χ4n) is 10.5. The quantitative estimate of drug-likeness (QED) is 0.165. The molecule has 0 spiro atoms. The molecule has 0 unspecified atom stereocenters. The molecule has 0 saturated heterocycles. The van der Waals surface area contributed by atoms with Crippen molar-refractivity contribution >= 4 is 99.4 Å². The Kier molecular flexibility index (Phi) is 6.79. The lowest BCUT2D eigenvalue weighted by atomic mass is 9.77. The van der Waals surface area contributed by atoms with Crippen molar-refractivity contribution < 1.29 is 0 Å². The number of para-hydroxylation sites is 5. The van der Waals surface area contributed by atoms with E-state index in [9.17, 15) is 0 Å². The van der Waals surface area contributed by atoms with Gasteiger partial charge in [-0.2, -0.15) is 23.2 Å². The van der Waals surface area contributed by atoms with Crippen molar-refractivity contribution in [1.29, 1.82) is 0 Å². The number of fused-ring (bicyclic) bond motifs is 16. The molecular formula is C54H32BN3S2. The van der Waals surface area contributed by atoms with Crippen LogP contribution in [0.1, 0.15) is 0 Å². The number of hydrogen-bond acceptors (Lipinski definition) is 2. The third-order valence-electron chi connectivity index (χ3n) is 12.8. The molecule has 0 amide bonds. The van der Waals surface area contributed by atoms with E-state index < -0.39 is 0 Å². The molecule has 5 heterocycles. The maximum absolute atomic E-state index is 2.61. The van der Waals surface area contributed by atoms with Crippen LogP contribution in [-0.4, -0.2) is 19.0 Å². The molecule has 0 radical (unpaired) electrons. The van der Waals surface area contributed by atoms with Crippen LogP contribution < -0.4 is 5.46 Å². The van der Waals surface area contributed by atoms with Crippen LogP contribution in [0, 0.1) is 0 Å². The zero-order valence-corrected chi connectivity index (χ0v) is 33.8. The summed E-state index contributed by atoms with van der Waals surface area (Å²) in [5, 5.41) is 7.83. The predicted molar refractivity (Wildman–Crippen MR) is 257 cm³/mol. The molecule has 3 nitrogen and oxygen atoms in total. The largest absolute Gasteiger partial charge is 0.318 e. The van der Waals surface area contributed by atoms with Crippen LogP contribution >= 0.6 is 23.2 Å². The van der Waals surface area contributed by atoms with Crippen molar-refractivity contribution in [1.82, 2.24) is 13.7 Å². The zero-order valence-electron chi connectivity index (χ0n) is 32.2. The molecule has 60 heavy (non-hydrogen) atoms. The number of benzene rings is 9. The minimum Gasteiger partial charge on any atom is -0.309 e. The summed E-state index contributed by atoms with van der Waals surface area (Å²) in [6, 6.07) is 72.1. The molecule has 14 rings (SSSR count). The first-order valence-electron chi connectivity index (χ1n) is 20.5. The van der Waals surface area contributed by atoms with Crippen molar-refractivity contribution in [2.75, 3.05) is 0 Å². The summed E-state index contributed by atoms with van der Waals surface area (Å²) in [5.41, 5.74) is 17.4. The van der Waals surface area contributed by atoms with Gasteiger partial charge in [0.2, 0.25) is 0 Å². The number of hydrogen-bond donors (Lipinski definition) is 0. The molecule has 0 bridgehead atoms. The molecule has 3 aromatic heterocycles. The highest BCUT2D eigenvalue weighted by Gasteiger charge is 2.37. The van der Waals surface area contributed by atoms with Crippen molar-refractivity contribution in [2.45, 2.75) is 9.79 Å². The lowest BCUT2D eigenvalue weighted by Gasteiger charge is -2.32. The van der Waals surface area contributed by atoms with Gasteiger partial charge in [-0.15, -0.1) is 0 Å². The molecule has 2 aliphatic heterocycles. The molecular weight excluding hydrogens is 766 g/mol. The zero-order chi connectivity index (χ0) is 39.1. The Morgan fingerprint density at radius 3 is 1.23 bits per heavy atom. The predicted octanol–water partition coefficient (Wildman–Crippen LogP) is 14.2. The minimum absolute atomic E-state index is 0.281. The van der Waals surface area contributed by atoms with Crippen LogP contribution in [0.25, 0.3) is 105 Å². The second-order valence-corrected chi connectivity index (χ2v) is 18.5. The van der Waals surface area contributed by atoms with Gasteiger partial charge in [0, 0.05) is 59.2 Å². The molecule has 0 atom stereocenters. The van der Waals surface area contributed by atoms with Crippen LogP contribution in [0.3, 0.4) is 0 Å². The highest BCUT2D eigenvalue weighted by Crippen LogP contribution is 2.53. The summed E-state index contributed by atoms with van der Waals surface area (Å²) in [6.07, 6.45) is 0. The Hall–Kier alpha value is -6.86. The Bertz CT molecular complexity index is 3720. The lowest BCUT2D eigenvalue weighted by molar-refractivity contribution is 1.15. The van der Waals surface area contributed by atoms with Gasteiger partial charge in [0.1, 0.15) is 0 Å². The SMILES string of the molecule is c1ccc(-n2c3ccccc3c3c4c5ccccc5n(-c5cc6c7c(c5)-c5ccccc5SB7Sc5ccccc5-6)c4c4c(c5ccccc5n4-c4ccccc4)c32)cc1. The van der Waals surface area contributed by atoms with Gasteiger partial charge < -0.3 is 13.7 Å². The molecule has 2 aliphatic rings. The molecule has 9 aromatic carbocycles. The average molecular weight is 798 g/mol. The normalized spacial score (nSPS) is 13.2. The number of nitrogens with zero attached hydrogens (tertiary/aromatic N) is 3. The minimum atomic E-state index is 0.281. The Morgan fingerprint density at radius 2 is 0.700 bits per heavy atom. The first-order chi connectivity index (χ1) is 29.8. The first-order valence-corrected chi connectivity index (χ1v) is 22.3. The Balaban J connectivity index is 1.27. The third kappa shape index (κ3) is 4.34. The molecule has 0 N–H and O–H groups in total. The highest BCUT2D eigenvalue weighted by atomic mass is 32.2. The van der Waals surface area contributed by atoms with E-state index in [0.29, 0.717) is 0 Å². The Morgan fingerprint density at radius 1 is 0.317 bits per heavy atom. The fourth-order valence-corrected chi connectivity index (χ4v) is 13.5. The van der Waals surface area contributed by atoms with E-state index in [1.807, 2.05) is 23.2 Å². The third-order valence-corrected chi connectivity index (χ3v) is 15.5. The van der Waals surface area contributed by atoms with E-state index >= 15 is 0 Å². The maximum atomic E-state index is 2.61. The van der Waals surface area contributed by atoms with Gasteiger partial charge in [-0.05, 0) is 94.4 Å². The standard InChI is InChI=1S/C54H32BN3S2/c1-3-17-33(18-4-1)56-43-26-12-7-23-38(43)48-49-39-24-8-13-27-44(39)58(53(49)54-50(52(48)56)40-25-9-14-28-45(40)57(54)34-19-5-2-6-20-34)35-31-41-36-21-10-15-29-46(36)59-55-51(41)42(32-35)37-22-11-16-30-47(37)60-55/h1-32H. The lowest BCUT2D eigenvalue weighted by Crippen LogP contribution is -2.33. The van der Waals surface area contributed by atoms with Gasteiger partial charge in [-0.1, -0.05) is 127 Å². The van der Waals surface area contributed by atoms with Crippen molar-refractivity contribution in [3.05, 3.63) is 194 Å². The van der Waals surface area contributed by atoms with Crippen molar-refractivity contribution in [3.8, 4) is 39.3 Å². The van der Waals surface area contributed by atoms with E-state index in [-0.39, 0.29) is 5.27 Å². The summed E-state index contributed by atoms with van der Waals surface area (Å²) in [6.45, 7) is 0. The van der Waals surface area contributed by atoms with Crippen molar-refractivity contribution in [3.63, 3.8) is 0 Å². The molecule has 0 saturated carbocycles. The van der Waals surface area contributed by atoms with Gasteiger partial charge >= 0.3 is 5.27 Å². The molecule has 0 aliphatic carbocycles. The molecule has 6 heteroatoms. The van der Waals surface area contributed by atoms with Crippen LogP contribution in [0.2, 0.25) is 0 Å². The van der Waals surface area contributed by atoms with Gasteiger partial charge in [-0.25, -0.2) is 0 Å². The van der Waals surface area contributed by atoms with Gasteiger partial charge in [-0.3, -0.25) is 0 Å². The first kappa shape index (κ1) is 33.0. The van der Waals surface area contributed by atoms with E-state index in [1.54, 1.807) is 0 Å². The molecule has 0 fully saturated rings. The van der Waals surface area contributed by atoms with Crippen LogP contribution in [0.15, 0.2) is 204 Å². The van der Waals surface area contributed by atoms with Gasteiger partial charge in [0.25, 0.3) is 0 Å². The monoisotopic (exact) mass is 797 g/mol. The smallest absolute Gasteiger partial charge is 0.309 e. The van der Waals surface area contributed by atoms with E-state index in [4.69, 9.17) is 0 Å². The average Bonchev–Trinajstić information content (AvgIpc) is 3.96. The summed E-state index contributed by atoms with van der Waals surface area (Å²) in [4.78, 5) is 2.68. The van der Waals surface area contributed by atoms with E-state index in [1.165, 1.54) is 109 Å². The van der Waals surface area contributed by atoms with Gasteiger partial charge in [0.15, 0.2) is 0 Å². The summed E-state index contributed by atoms with van der Waals surface area (Å²) < 4.78 is 7.66. The van der Waals surface area contributed by atoms with E-state index in [2.05, 4.69) is 208 Å². The second-order valence-electron chi connectivity index (χ2n) is 15.9. The summed E-state index contributed by atoms with van der Waals surface area (Å²) in [5.74, 6) is 0.